The van der Waals surface area contributed by atoms with E-state index in [1.54, 1.807) is 0 Å². The third-order valence-corrected chi connectivity index (χ3v) is 1.93. The van der Waals surface area contributed by atoms with Gasteiger partial charge in [-0.25, -0.2) is 0 Å². The zero-order chi connectivity index (χ0) is 8.39. The highest BCUT2D eigenvalue weighted by atomic mass is 15.2. The number of hydrogen-bond acceptors (Lipinski definition) is 3. The van der Waals surface area contributed by atoms with E-state index < -0.39 is 0 Å². The first-order valence-corrected chi connectivity index (χ1v) is 4.02. The molecule has 1 aliphatic rings. The minimum atomic E-state index is 0.781. The highest BCUT2D eigenvalue weighted by Crippen LogP contribution is 2.14. The maximum atomic E-state index is 4.15. The minimum Gasteiger partial charge on any atom is -0.347 e. The van der Waals surface area contributed by atoms with Crippen molar-refractivity contribution in [3.05, 3.63) is 24.0 Å². The van der Waals surface area contributed by atoms with Crippen LogP contribution in [0.1, 0.15) is 5.69 Å². The van der Waals surface area contributed by atoms with Crippen LogP contribution in [0.3, 0.4) is 0 Å². The quantitative estimate of drug-likeness (QED) is 0.620. The lowest BCUT2D eigenvalue weighted by atomic mass is 10.3. The van der Waals surface area contributed by atoms with E-state index in [0.717, 1.165) is 18.9 Å². The summed E-state index contributed by atoms with van der Waals surface area (Å²) in [4.78, 5) is 10.5. The number of pyridine rings is 1. The van der Waals surface area contributed by atoms with Gasteiger partial charge in [0.15, 0.2) is 0 Å². The molecular formula is C9H11N3. The number of anilines is 1. The number of aromatic nitrogens is 1. The fourth-order valence-electron chi connectivity index (χ4n) is 1.28. The largest absolute Gasteiger partial charge is 0.347 e. The molecule has 12 heavy (non-hydrogen) atoms. The zero-order valence-corrected chi connectivity index (χ0v) is 7.07. The first-order valence-electron chi connectivity index (χ1n) is 4.02. The molecule has 1 aromatic rings. The highest BCUT2D eigenvalue weighted by Gasteiger charge is 2.07. The molecule has 0 bridgehead atoms. The standard InChI is InChI=1S/C9H11N3/c1-8-6-9(2-3-11-8)12-5-4-10-7-12/h2-4,6H,5,7H2,1H3. The van der Waals surface area contributed by atoms with Crippen molar-refractivity contribution in [1.82, 2.24) is 4.98 Å². The number of hydrogen-bond donors (Lipinski definition) is 0. The first kappa shape index (κ1) is 7.28. The van der Waals surface area contributed by atoms with Gasteiger partial charge in [-0.15, -0.1) is 0 Å². The third-order valence-electron chi connectivity index (χ3n) is 1.93. The van der Waals surface area contributed by atoms with Crippen molar-refractivity contribution in [2.45, 2.75) is 6.92 Å². The second-order valence-corrected chi connectivity index (χ2v) is 2.88. The highest BCUT2D eigenvalue weighted by molar-refractivity contribution is 5.69. The summed E-state index contributed by atoms with van der Waals surface area (Å²) in [6.07, 6.45) is 3.78. The molecular weight excluding hydrogens is 150 g/mol. The molecule has 1 aliphatic heterocycles. The molecule has 0 aliphatic carbocycles. The summed E-state index contributed by atoms with van der Waals surface area (Å²) in [6, 6.07) is 4.09. The first-order chi connectivity index (χ1) is 5.86. The van der Waals surface area contributed by atoms with Crippen LogP contribution in [0.25, 0.3) is 0 Å². The summed E-state index contributed by atoms with van der Waals surface area (Å²) in [5, 5.41) is 0. The Morgan fingerprint density at radius 1 is 1.50 bits per heavy atom. The van der Waals surface area contributed by atoms with E-state index in [2.05, 4.69) is 20.9 Å². The summed E-state index contributed by atoms with van der Waals surface area (Å²) in [7, 11) is 0. The van der Waals surface area contributed by atoms with Gasteiger partial charge < -0.3 is 4.90 Å². The monoisotopic (exact) mass is 161 g/mol. The normalized spacial score (nSPS) is 15.6. The second kappa shape index (κ2) is 2.93. The molecule has 0 saturated heterocycles. The van der Waals surface area contributed by atoms with Crippen molar-refractivity contribution in [3.63, 3.8) is 0 Å². The van der Waals surface area contributed by atoms with Gasteiger partial charge in [-0.1, -0.05) is 0 Å². The molecule has 0 amide bonds. The Kier molecular flexibility index (Phi) is 1.78. The van der Waals surface area contributed by atoms with Crippen molar-refractivity contribution in [2.75, 3.05) is 18.1 Å². The van der Waals surface area contributed by atoms with E-state index in [0.29, 0.717) is 0 Å². The van der Waals surface area contributed by atoms with E-state index >= 15 is 0 Å². The molecule has 0 aromatic carbocycles. The Morgan fingerprint density at radius 3 is 3.08 bits per heavy atom. The average Bonchev–Trinajstić information content (AvgIpc) is 2.56. The van der Waals surface area contributed by atoms with Crippen LogP contribution in [0.5, 0.6) is 0 Å². The predicted octanol–water partition coefficient (Wildman–Crippen LogP) is 1.24. The topological polar surface area (TPSA) is 28.5 Å². The third kappa shape index (κ3) is 1.30. The molecule has 3 heteroatoms. The number of aliphatic imine (C=N–C) groups is 1. The Hall–Kier alpha value is -1.38. The van der Waals surface area contributed by atoms with Crippen LogP contribution >= 0.6 is 0 Å². The van der Waals surface area contributed by atoms with Gasteiger partial charge in [-0.3, -0.25) is 9.98 Å². The fraction of sp³-hybridized carbons (Fsp3) is 0.333. The Labute approximate surface area is 71.8 Å². The average molecular weight is 161 g/mol. The van der Waals surface area contributed by atoms with Gasteiger partial charge in [-0.2, -0.15) is 0 Å². The van der Waals surface area contributed by atoms with Crippen LogP contribution < -0.4 is 4.90 Å². The fourth-order valence-corrected chi connectivity index (χ4v) is 1.28. The number of aryl methyl sites for hydroxylation is 1. The summed E-state index contributed by atoms with van der Waals surface area (Å²) in [6.45, 7) is 3.70. The molecule has 1 aromatic heterocycles. The summed E-state index contributed by atoms with van der Waals surface area (Å²) < 4.78 is 0. The SMILES string of the molecule is Cc1cc(N2CC=NC2)ccn1. The molecule has 0 spiro atoms. The van der Waals surface area contributed by atoms with Crippen LogP contribution in [0.2, 0.25) is 0 Å². The Bertz CT molecular complexity index is 298. The summed E-state index contributed by atoms with van der Waals surface area (Å²) in [5.74, 6) is 0. The van der Waals surface area contributed by atoms with E-state index in [4.69, 9.17) is 0 Å². The number of rotatable bonds is 1. The van der Waals surface area contributed by atoms with Crippen molar-refractivity contribution in [2.24, 2.45) is 4.99 Å². The van der Waals surface area contributed by atoms with Gasteiger partial charge in [0, 0.05) is 23.8 Å². The van der Waals surface area contributed by atoms with Crippen LogP contribution in [-0.2, 0) is 0 Å². The lowest BCUT2D eigenvalue weighted by Crippen LogP contribution is -2.19. The number of nitrogens with zero attached hydrogens (tertiary/aromatic N) is 3. The maximum Gasteiger partial charge on any atom is 0.110 e. The van der Waals surface area contributed by atoms with Crippen molar-refractivity contribution < 1.29 is 0 Å². The molecule has 2 heterocycles. The van der Waals surface area contributed by atoms with E-state index in [1.807, 2.05) is 25.4 Å². The summed E-state index contributed by atoms with van der Waals surface area (Å²) >= 11 is 0. The predicted molar refractivity (Wildman–Crippen MR) is 49.7 cm³/mol. The van der Waals surface area contributed by atoms with Crippen molar-refractivity contribution in [3.8, 4) is 0 Å². The van der Waals surface area contributed by atoms with E-state index in [9.17, 15) is 0 Å². The van der Waals surface area contributed by atoms with Crippen LogP contribution in [0.15, 0.2) is 23.3 Å². The van der Waals surface area contributed by atoms with Gasteiger partial charge in [0.25, 0.3) is 0 Å². The molecule has 0 radical (unpaired) electrons. The van der Waals surface area contributed by atoms with Crippen molar-refractivity contribution in [1.29, 1.82) is 0 Å². The van der Waals surface area contributed by atoms with Crippen molar-refractivity contribution >= 4 is 11.9 Å². The zero-order valence-electron chi connectivity index (χ0n) is 7.07. The van der Waals surface area contributed by atoms with E-state index in [1.165, 1.54) is 5.69 Å². The van der Waals surface area contributed by atoms with Crippen LogP contribution in [0, 0.1) is 6.92 Å². The Morgan fingerprint density at radius 2 is 2.42 bits per heavy atom. The molecule has 62 valence electrons. The Balaban J connectivity index is 2.22. The van der Waals surface area contributed by atoms with Gasteiger partial charge in [-0.05, 0) is 19.1 Å². The molecule has 0 atom stereocenters. The minimum absolute atomic E-state index is 0.781. The lowest BCUT2D eigenvalue weighted by Gasteiger charge is -2.15. The lowest BCUT2D eigenvalue weighted by molar-refractivity contribution is 0.950. The molecule has 3 nitrogen and oxygen atoms in total. The van der Waals surface area contributed by atoms with Gasteiger partial charge in [0.2, 0.25) is 0 Å². The molecule has 0 saturated carbocycles. The molecule has 0 N–H and O–H groups in total. The van der Waals surface area contributed by atoms with Gasteiger partial charge in [0.05, 0.1) is 6.54 Å². The summed E-state index contributed by atoms with van der Waals surface area (Å²) in [5.41, 5.74) is 2.26. The van der Waals surface area contributed by atoms with Gasteiger partial charge >= 0.3 is 0 Å². The molecule has 2 rings (SSSR count). The van der Waals surface area contributed by atoms with Crippen LogP contribution in [0.4, 0.5) is 5.69 Å². The molecule has 0 unspecified atom stereocenters. The smallest absolute Gasteiger partial charge is 0.110 e. The van der Waals surface area contributed by atoms with Crippen LogP contribution in [-0.4, -0.2) is 24.4 Å². The second-order valence-electron chi connectivity index (χ2n) is 2.88. The molecule has 0 fully saturated rings. The maximum absolute atomic E-state index is 4.15. The van der Waals surface area contributed by atoms with E-state index in [-0.39, 0.29) is 0 Å². The van der Waals surface area contributed by atoms with Gasteiger partial charge in [0.1, 0.15) is 6.67 Å².